The number of halogens is 1. The van der Waals surface area contributed by atoms with Gasteiger partial charge in [-0.05, 0) is 24.3 Å². The first kappa shape index (κ1) is 18.5. The van der Waals surface area contributed by atoms with Crippen molar-refractivity contribution >= 4 is 32.8 Å². The van der Waals surface area contributed by atoms with Gasteiger partial charge in [0.1, 0.15) is 0 Å². The number of aromatic carboxylic acids is 1. The van der Waals surface area contributed by atoms with Crippen LogP contribution in [0.15, 0.2) is 59.1 Å². The van der Waals surface area contributed by atoms with Gasteiger partial charge in [0, 0.05) is 28.5 Å². The summed E-state index contributed by atoms with van der Waals surface area (Å²) in [6.45, 7) is 3.83. The number of rotatable bonds is 2. The summed E-state index contributed by atoms with van der Waals surface area (Å²) in [5, 5.41) is 13.2. The highest BCUT2D eigenvalue weighted by molar-refractivity contribution is 9.10. The molecular weight excluding hydrogens is 396 g/mol. The first-order valence-electron chi connectivity index (χ1n) is 8.32. The molecule has 0 bridgehead atoms. The van der Waals surface area contributed by atoms with Gasteiger partial charge in [-0.3, -0.25) is 0 Å². The maximum absolute atomic E-state index is 11.5. The first-order valence-corrected chi connectivity index (χ1v) is 9.12. The Morgan fingerprint density at radius 1 is 1.08 bits per heavy atom. The number of nitrogens with zero attached hydrogens (tertiary/aromatic N) is 1. The van der Waals surface area contributed by atoms with Crippen molar-refractivity contribution in [3.05, 3.63) is 64.6 Å². The Balaban J connectivity index is 0.000000278. The van der Waals surface area contributed by atoms with Gasteiger partial charge in [0.25, 0.3) is 0 Å². The average molecular weight is 415 g/mol. The second-order valence-electron chi connectivity index (χ2n) is 5.75. The lowest BCUT2D eigenvalue weighted by molar-refractivity contribution is 0.0699. The highest BCUT2D eigenvalue weighted by Gasteiger charge is 2.13. The molecule has 5 nitrogen and oxygen atoms in total. The van der Waals surface area contributed by atoms with Gasteiger partial charge in [0.2, 0.25) is 0 Å². The standard InChI is InChI=1S/C16H10BrNO2.C4H9NO/c17-11-6-7-14-12(8-11)13(16(19)20)9-15(18-14)10-4-2-1-3-5-10;1-3-6-4-2-5-1/h1-9H,(H,19,20);5H,1-4H2. The van der Waals surface area contributed by atoms with E-state index in [1.54, 1.807) is 12.1 Å². The second-order valence-corrected chi connectivity index (χ2v) is 6.67. The number of benzene rings is 2. The van der Waals surface area contributed by atoms with Gasteiger partial charge < -0.3 is 15.2 Å². The monoisotopic (exact) mass is 414 g/mol. The zero-order valence-electron chi connectivity index (χ0n) is 14.1. The fraction of sp³-hybridized carbons (Fsp3) is 0.200. The zero-order chi connectivity index (χ0) is 18.4. The molecule has 26 heavy (non-hydrogen) atoms. The van der Waals surface area contributed by atoms with E-state index in [0.717, 1.165) is 36.3 Å². The smallest absolute Gasteiger partial charge is 0.336 e. The Morgan fingerprint density at radius 2 is 1.81 bits per heavy atom. The first-order chi connectivity index (χ1) is 12.6. The Morgan fingerprint density at radius 3 is 2.38 bits per heavy atom. The van der Waals surface area contributed by atoms with Crippen LogP contribution in [0, 0.1) is 0 Å². The molecule has 2 N–H and O–H groups in total. The van der Waals surface area contributed by atoms with Crippen LogP contribution in [-0.2, 0) is 4.74 Å². The molecule has 1 aromatic heterocycles. The number of carboxylic acid groups (broad SMARTS) is 1. The van der Waals surface area contributed by atoms with Crippen molar-refractivity contribution in [3.63, 3.8) is 0 Å². The number of carbonyl (C=O) groups is 1. The lowest BCUT2D eigenvalue weighted by atomic mass is 10.0. The maximum atomic E-state index is 11.5. The SMILES string of the molecule is C1COCCN1.O=C(O)c1cc(-c2ccccc2)nc2ccc(Br)cc12. The molecule has 0 spiro atoms. The van der Waals surface area contributed by atoms with E-state index in [9.17, 15) is 9.90 Å². The van der Waals surface area contributed by atoms with Gasteiger partial charge >= 0.3 is 5.97 Å². The van der Waals surface area contributed by atoms with Crippen molar-refractivity contribution in [3.8, 4) is 11.3 Å². The van der Waals surface area contributed by atoms with Crippen LogP contribution in [-0.4, -0.2) is 42.4 Å². The third kappa shape index (κ3) is 4.66. The lowest BCUT2D eigenvalue weighted by Crippen LogP contribution is -2.30. The number of hydrogen-bond donors (Lipinski definition) is 2. The number of fused-ring (bicyclic) bond motifs is 1. The third-order valence-electron chi connectivity index (χ3n) is 3.92. The van der Waals surface area contributed by atoms with Crippen LogP contribution >= 0.6 is 15.9 Å². The number of carboxylic acids is 1. The van der Waals surface area contributed by atoms with E-state index in [4.69, 9.17) is 4.74 Å². The van der Waals surface area contributed by atoms with E-state index in [-0.39, 0.29) is 5.56 Å². The van der Waals surface area contributed by atoms with Crippen LogP contribution in [0.3, 0.4) is 0 Å². The van der Waals surface area contributed by atoms with Crippen molar-refractivity contribution in [1.29, 1.82) is 0 Å². The highest BCUT2D eigenvalue weighted by Crippen LogP contribution is 2.27. The molecule has 0 aliphatic carbocycles. The molecule has 2 aromatic carbocycles. The summed E-state index contributed by atoms with van der Waals surface area (Å²) in [6.07, 6.45) is 0. The molecule has 0 atom stereocenters. The summed E-state index contributed by atoms with van der Waals surface area (Å²) >= 11 is 3.36. The van der Waals surface area contributed by atoms with Crippen LogP contribution in [0.4, 0.5) is 0 Å². The molecule has 0 amide bonds. The average Bonchev–Trinajstić information content (AvgIpc) is 2.69. The Kier molecular flexibility index (Phi) is 6.33. The summed E-state index contributed by atoms with van der Waals surface area (Å²) in [7, 11) is 0. The molecule has 6 heteroatoms. The van der Waals surface area contributed by atoms with Crippen LogP contribution < -0.4 is 5.32 Å². The number of morpholine rings is 1. The highest BCUT2D eigenvalue weighted by atomic mass is 79.9. The van der Waals surface area contributed by atoms with Gasteiger partial charge in [-0.2, -0.15) is 0 Å². The summed E-state index contributed by atoms with van der Waals surface area (Å²) < 4.78 is 5.84. The van der Waals surface area contributed by atoms with E-state index in [2.05, 4.69) is 26.2 Å². The minimum absolute atomic E-state index is 0.259. The van der Waals surface area contributed by atoms with Crippen LogP contribution in [0.2, 0.25) is 0 Å². The predicted molar refractivity (Wildman–Crippen MR) is 106 cm³/mol. The number of aromatic nitrogens is 1. The van der Waals surface area contributed by atoms with Crippen molar-refractivity contribution in [2.24, 2.45) is 0 Å². The fourth-order valence-corrected chi connectivity index (χ4v) is 3.01. The lowest BCUT2D eigenvalue weighted by Gasteiger charge is -2.10. The summed E-state index contributed by atoms with van der Waals surface area (Å²) in [6, 6.07) is 16.6. The van der Waals surface area contributed by atoms with Crippen molar-refractivity contribution in [1.82, 2.24) is 10.3 Å². The molecular formula is C20H19BrN2O3. The van der Waals surface area contributed by atoms with Gasteiger partial charge in [0.05, 0.1) is 30.0 Å². The van der Waals surface area contributed by atoms with Gasteiger partial charge in [0.15, 0.2) is 0 Å². The Labute approximate surface area is 160 Å². The van der Waals surface area contributed by atoms with Crippen LogP contribution in [0.5, 0.6) is 0 Å². The minimum Gasteiger partial charge on any atom is -0.478 e. The van der Waals surface area contributed by atoms with Crippen molar-refractivity contribution in [2.75, 3.05) is 26.3 Å². The molecule has 2 heterocycles. The summed E-state index contributed by atoms with van der Waals surface area (Å²) in [4.78, 5) is 16.0. The van der Waals surface area contributed by atoms with Crippen LogP contribution in [0.1, 0.15) is 10.4 Å². The number of hydrogen-bond acceptors (Lipinski definition) is 4. The number of nitrogens with one attached hydrogen (secondary N) is 1. The summed E-state index contributed by atoms with van der Waals surface area (Å²) in [5.74, 6) is -0.951. The fourth-order valence-electron chi connectivity index (χ4n) is 2.65. The Bertz CT molecular complexity index is 885. The third-order valence-corrected chi connectivity index (χ3v) is 4.41. The van der Waals surface area contributed by atoms with Gasteiger partial charge in [-0.1, -0.05) is 46.3 Å². The topological polar surface area (TPSA) is 71.5 Å². The van der Waals surface area contributed by atoms with E-state index in [0.29, 0.717) is 16.6 Å². The quantitative estimate of drug-likeness (QED) is 0.663. The number of ether oxygens (including phenoxy) is 1. The number of pyridine rings is 1. The molecule has 3 aromatic rings. The summed E-state index contributed by atoms with van der Waals surface area (Å²) in [5.41, 5.74) is 2.50. The molecule has 1 fully saturated rings. The minimum atomic E-state index is -0.951. The Hall–Kier alpha value is -2.28. The van der Waals surface area contributed by atoms with E-state index < -0.39 is 5.97 Å². The second kappa shape index (κ2) is 8.89. The normalized spacial score (nSPS) is 13.7. The van der Waals surface area contributed by atoms with Crippen LogP contribution in [0.25, 0.3) is 22.2 Å². The van der Waals surface area contributed by atoms with E-state index in [1.807, 2.05) is 42.5 Å². The van der Waals surface area contributed by atoms with Gasteiger partial charge in [-0.25, -0.2) is 9.78 Å². The predicted octanol–water partition coefficient (Wildman–Crippen LogP) is 3.97. The molecule has 1 aliphatic heterocycles. The van der Waals surface area contributed by atoms with E-state index >= 15 is 0 Å². The van der Waals surface area contributed by atoms with Gasteiger partial charge in [-0.15, -0.1) is 0 Å². The van der Waals surface area contributed by atoms with E-state index in [1.165, 1.54) is 0 Å². The van der Waals surface area contributed by atoms with Crippen molar-refractivity contribution < 1.29 is 14.6 Å². The molecule has 1 saturated heterocycles. The molecule has 0 radical (unpaired) electrons. The molecule has 134 valence electrons. The maximum Gasteiger partial charge on any atom is 0.336 e. The molecule has 0 unspecified atom stereocenters. The molecule has 1 aliphatic rings. The van der Waals surface area contributed by atoms with Crippen molar-refractivity contribution in [2.45, 2.75) is 0 Å². The molecule has 0 saturated carbocycles. The largest absolute Gasteiger partial charge is 0.478 e. The molecule has 4 rings (SSSR count). The zero-order valence-corrected chi connectivity index (χ0v) is 15.7.